The van der Waals surface area contributed by atoms with Gasteiger partial charge >= 0.3 is 0 Å². The minimum absolute atomic E-state index is 0.0372. The van der Waals surface area contributed by atoms with Crippen molar-refractivity contribution in [1.29, 1.82) is 5.26 Å². The molecular formula is C16H21N3O2. The average Bonchev–Trinajstić information content (AvgIpc) is 2.95. The van der Waals surface area contributed by atoms with Gasteiger partial charge in [-0.25, -0.2) is 0 Å². The third kappa shape index (κ3) is 4.55. The molecule has 1 amide bonds. The van der Waals surface area contributed by atoms with Gasteiger partial charge in [0.1, 0.15) is 0 Å². The summed E-state index contributed by atoms with van der Waals surface area (Å²) < 4.78 is 0. The van der Waals surface area contributed by atoms with Gasteiger partial charge in [-0.2, -0.15) is 5.26 Å². The van der Waals surface area contributed by atoms with E-state index in [-0.39, 0.29) is 18.6 Å². The SMILES string of the molecule is N#Cc1cccc(NC(=O)CCCN2CCCC2CO)c1. The molecule has 2 rings (SSSR count). The van der Waals surface area contributed by atoms with Crippen LogP contribution in [-0.4, -0.2) is 41.7 Å². The van der Waals surface area contributed by atoms with Crippen LogP contribution in [0.15, 0.2) is 24.3 Å². The van der Waals surface area contributed by atoms with Crippen molar-refractivity contribution in [2.24, 2.45) is 0 Å². The summed E-state index contributed by atoms with van der Waals surface area (Å²) in [6.45, 7) is 2.06. The minimum Gasteiger partial charge on any atom is -0.395 e. The van der Waals surface area contributed by atoms with Gasteiger partial charge in [-0.1, -0.05) is 6.07 Å². The maximum Gasteiger partial charge on any atom is 0.224 e. The molecule has 1 fully saturated rings. The topological polar surface area (TPSA) is 76.4 Å². The lowest BCUT2D eigenvalue weighted by molar-refractivity contribution is -0.116. The highest BCUT2D eigenvalue weighted by Gasteiger charge is 2.22. The van der Waals surface area contributed by atoms with Gasteiger partial charge in [0.05, 0.1) is 18.2 Å². The molecule has 2 N–H and O–H groups in total. The Morgan fingerprint density at radius 3 is 3.14 bits per heavy atom. The van der Waals surface area contributed by atoms with Crippen molar-refractivity contribution >= 4 is 11.6 Å². The zero-order valence-electron chi connectivity index (χ0n) is 12.1. The third-order valence-corrected chi connectivity index (χ3v) is 3.83. The molecule has 1 saturated heterocycles. The smallest absolute Gasteiger partial charge is 0.224 e. The quantitative estimate of drug-likeness (QED) is 0.835. The molecule has 1 aromatic rings. The standard InChI is InChI=1S/C16H21N3O2/c17-11-13-4-1-5-14(10-13)18-16(21)7-3-9-19-8-2-6-15(19)12-20/h1,4-5,10,15,20H,2-3,6-9,12H2,(H,18,21). The van der Waals surface area contributed by atoms with Gasteiger partial charge in [0.25, 0.3) is 0 Å². The molecule has 21 heavy (non-hydrogen) atoms. The third-order valence-electron chi connectivity index (χ3n) is 3.83. The summed E-state index contributed by atoms with van der Waals surface area (Å²) in [4.78, 5) is 14.1. The van der Waals surface area contributed by atoms with E-state index in [9.17, 15) is 9.90 Å². The number of nitriles is 1. The van der Waals surface area contributed by atoms with Crippen LogP contribution >= 0.6 is 0 Å². The molecular weight excluding hydrogens is 266 g/mol. The van der Waals surface area contributed by atoms with Crippen molar-refractivity contribution in [2.45, 2.75) is 31.7 Å². The first-order valence-corrected chi connectivity index (χ1v) is 7.38. The Bertz CT molecular complexity index is 524. The summed E-state index contributed by atoms with van der Waals surface area (Å²) in [5.41, 5.74) is 1.20. The molecule has 1 heterocycles. The Labute approximate surface area is 125 Å². The molecule has 0 aliphatic carbocycles. The number of amides is 1. The normalized spacial score (nSPS) is 18.4. The summed E-state index contributed by atoms with van der Waals surface area (Å²) in [6, 6.07) is 9.22. The Morgan fingerprint density at radius 2 is 2.38 bits per heavy atom. The molecule has 1 aromatic carbocycles. The van der Waals surface area contributed by atoms with E-state index in [0.717, 1.165) is 32.4 Å². The van der Waals surface area contributed by atoms with E-state index in [1.807, 2.05) is 0 Å². The highest BCUT2D eigenvalue weighted by molar-refractivity contribution is 5.90. The second-order valence-electron chi connectivity index (χ2n) is 5.36. The maximum atomic E-state index is 11.9. The van der Waals surface area contributed by atoms with Crippen LogP contribution in [0.25, 0.3) is 0 Å². The number of carbonyl (C=O) groups is 1. The molecule has 0 bridgehead atoms. The molecule has 1 atom stereocenters. The van der Waals surface area contributed by atoms with Crippen LogP contribution in [0, 0.1) is 11.3 Å². The lowest BCUT2D eigenvalue weighted by atomic mass is 10.2. The van der Waals surface area contributed by atoms with Crippen molar-refractivity contribution in [1.82, 2.24) is 4.90 Å². The van der Waals surface area contributed by atoms with Gasteiger partial charge in [-0.05, 0) is 50.6 Å². The second kappa shape index (κ2) is 7.77. The number of aliphatic hydroxyl groups excluding tert-OH is 1. The number of nitrogens with one attached hydrogen (secondary N) is 1. The van der Waals surface area contributed by atoms with Crippen molar-refractivity contribution in [3.8, 4) is 6.07 Å². The first-order valence-electron chi connectivity index (χ1n) is 7.38. The number of anilines is 1. The number of aliphatic hydroxyl groups is 1. The van der Waals surface area contributed by atoms with Gasteiger partial charge in [0.2, 0.25) is 5.91 Å². The molecule has 1 aliphatic rings. The molecule has 5 heteroatoms. The molecule has 1 unspecified atom stereocenters. The molecule has 112 valence electrons. The van der Waals surface area contributed by atoms with Gasteiger partial charge < -0.3 is 10.4 Å². The summed E-state index contributed by atoms with van der Waals surface area (Å²) in [6.07, 6.45) is 3.40. The number of hydrogen-bond acceptors (Lipinski definition) is 4. The average molecular weight is 287 g/mol. The Morgan fingerprint density at radius 1 is 1.52 bits per heavy atom. The second-order valence-corrected chi connectivity index (χ2v) is 5.36. The van der Waals surface area contributed by atoms with Crippen molar-refractivity contribution < 1.29 is 9.90 Å². The highest BCUT2D eigenvalue weighted by atomic mass is 16.3. The monoisotopic (exact) mass is 287 g/mol. The molecule has 0 spiro atoms. The molecule has 0 saturated carbocycles. The van der Waals surface area contributed by atoms with Gasteiger partial charge in [0, 0.05) is 18.2 Å². The van der Waals surface area contributed by atoms with E-state index in [2.05, 4.69) is 16.3 Å². The number of carbonyl (C=O) groups excluding carboxylic acids is 1. The van der Waals surface area contributed by atoms with Crippen LogP contribution < -0.4 is 5.32 Å². The van der Waals surface area contributed by atoms with E-state index in [1.54, 1.807) is 24.3 Å². The van der Waals surface area contributed by atoms with E-state index in [0.29, 0.717) is 17.7 Å². The molecule has 0 radical (unpaired) electrons. The van der Waals surface area contributed by atoms with Crippen molar-refractivity contribution in [2.75, 3.05) is 25.0 Å². The number of benzene rings is 1. The number of hydrogen-bond donors (Lipinski definition) is 2. The number of nitrogens with zero attached hydrogens (tertiary/aromatic N) is 2. The van der Waals surface area contributed by atoms with Crippen LogP contribution in [0.2, 0.25) is 0 Å². The lowest BCUT2D eigenvalue weighted by Crippen LogP contribution is -2.33. The van der Waals surface area contributed by atoms with E-state index in [1.165, 1.54) is 0 Å². The first-order chi connectivity index (χ1) is 10.2. The lowest BCUT2D eigenvalue weighted by Gasteiger charge is -2.22. The summed E-state index contributed by atoms with van der Waals surface area (Å²) >= 11 is 0. The number of rotatable bonds is 6. The van der Waals surface area contributed by atoms with E-state index < -0.39 is 0 Å². The molecule has 5 nitrogen and oxygen atoms in total. The fourth-order valence-electron chi connectivity index (χ4n) is 2.73. The highest BCUT2D eigenvalue weighted by Crippen LogP contribution is 2.17. The van der Waals surface area contributed by atoms with Gasteiger partial charge in [-0.3, -0.25) is 9.69 Å². The molecule has 1 aliphatic heterocycles. The predicted octanol–water partition coefficient (Wildman–Crippen LogP) is 1.73. The van der Waals surface area contributed by atoms with Crippen LogP contribution in [0.3, 0.4) is 0 Å². The Hall–Kier alpha value is -1.90. The Balaban J connectivity index is 1.73. The fraction of sp³-hybridized carbons (Fsp3) is 0.500. The van der Waals surface area contributed by atoms with Crippen LogP contribution in [0.4, 0.5) is 5.69 Å². The zero-order valence-corrected chi connectivity index (χ0v) is 12.1. The van der Waals surface area contributed by atoms with Crippen molar-refractivity contribution in [3.63, 3.8) is 0 Å². The predicted molar refractivity (Wildman–Crippen MR) is 80.7 cm³/mol. The maximum absolute atomic E-state index is 11.9. The summed E-state index contributed by atoms with van der Waals surface area (Å²) in [5, 5.41) is 20.9. The van der Waals surface area contributed by atoms with E-state index >= 15 is 0 Å². The largest absolute Gasteiger partial charge is 0.395 e. The summed E-state index contributed by atoms with van der Waals surface area (Å²) in [7, 11) is 0. The van der Waals surface area contributed by atoms with Crippen LogP contribution in [-0.2, 0) is 4.79 Å². The zero-order chi connectivity index (χ0) is 15.1. The molecule has 0 aromatic heterocycles. The fourth-order valence-corrected chi connectivity index (χ4v) is 2.73. The van der Waals surface area contributed by atoms with Crippen LogP contribution in [0.5, 0.6) is 0 Å². The van der Waals surface area contributed by atoms with Gasteiger partial charge in [0.15, 0.2) is 0 Å². The minimum atomic E-state index is -0.0372. The van der Waals surface area contributed by atoms with Crippen molar-refractivity contribution in [3.05, 3.63) is 29.8 Å². The summed E-state index contributed by atoms with van der Waals surface area (Å²) in [5.74, 6) is -0.0372. The first kappa shape index (κ1) is 15.5. The Kier molecular flexibility index (Phi) is 5.73. The number of likely N-dealkylation sites (tertiary alicyclic amines) is 1. The van der Waals surface area contributed by atoms with Gasteiger partial charge in [-0.15, -0.1) is 0 Å². The van der Waals surface area contributed by atoms with Crippen LogP contribution in [0.1, 0.15) is 31.2 Å². The van der Waals surface area contributed by atoms with E-state index in [4.69, 9.17) is 5.26 Å².